The van der Waals surface area contributed by atoms with Crippen molar-refractivity contribution >= 4 is 23.4 Å². The standard InChI is InChI=1S/C31H33F2N3O3/c1-3-38-27-12-13-28(33)30(20-27)35-17-14-26(15-18-35)39-25-10-8-24(9-11-25)36-29(16-19-37)21(2)31(34-36)22-4-6-23(32)7-5-22/h4-13,19-21,26,29H,3,14-18H2,1-2H3/t21?,29-/m0/s1. The molecular weight excluding hydrogens is 500 g/mol. The van der Waals surface area contributed by atoms with E-state index in [1.807, 2.05) is 48.0 Å². The molecule has 0 N–H and O–H groups in total. The van der Waals surface area contributed by atoms with Crippen molar-refractivity contribution in [3.63, 3.8) is 0 Å². The van der Waals surface area contributed by atoms with Crippen LogP contribution in [0.1, 0.15) is 38.7 Å². The van der Waals surface area contributed by atoms with Crippen LogP contribution in [0.15, 0.2) is 71.8 Å². The van der Waals surface area contributed by atoms with E-state index in [1.54, 1.807) is 24.3 Å². The van der Waals surface area contributed by atoms with Gasteiger partial charge in [0.15, 0.2) is 0 Å². The van der Waals surface area contributed by atoms with E-state index in [4.69, 9.17) is 14.6 Å². The Bertz CT molecular complexity index is 1310. The molecule has 3 aromatic carbocycles. The number of nitrogens with zero attached hydrogens (tertiary/aromatic N) is 3. The second-order valence-corrected chi connectivity index (χ2v) is 9.94. The lowest BCUT2D eigenvalue weighted by atomic mass is 9.91. The molecule has 6 nitrogen and oxygen atoms in total. The van der Waals surface area contributed by atoms with Crippen molar-refractivity contribution in [3.05, 3.63) is 83.9 Å². The zero-order valence-corrected chi connectivity index (χ0v) is 22.2. The fourth-order valence-corrected chi connectivity index (χ4v) is 5.34. The number of carbonyl (C=O) groups is 1. The van der Waals surface area contributed by atoms with Gasteiger partial charge in [0.1, 0.15) is 35.5 Å². The first-order valence-corrected chi connectivity index (χ1v) is 13.5. The summed E-state index contributed by atoms with van der Waals surface area (Å²) in [7, 11) is 0. The van der Waals surface area contributed by atoms with Gasteiger partial charge >= 0.3 is 0 Å². The van der Waals surface area contributed by atoms with Crippen LogP contribution in [-0.4, -0.2) is 43.8 Å². The van der Waals surface area contributed by atoms with E-state index in [1.165, 1.54) is 18.2 Å². The minimum Gasteiger partial charge on any atom is -0.494 e. The molecule has 3 aromatic rings. The van der Waals surface area contributed by atoms with Crippen LogP contribution >= 0.6 is 0 Å². The number of hydrogen-bond donors (Lipinski definition) is 0. The number of hydrogen-bond acceptors (Lipinski definition) is 6. The molecule has 0 amide bonds. The van der Waals surface area contributed by atoms with E-state index in [9.17, 15) is 13.6 Å². The maximum Gasteiger partial charge on any atom is 0.146 e. The van der Waals surface area contributed by atoms with Crippen molar-refractivity contribution < 1.29 is 23.0 Å². The van der Waals surface area contributed by atoms with Crippen LogP contribution in [0.2, 0.25) is 0 Å². The Morgan fingerprint density at radius 3 is 2.33 bits per heavy atom. The Morgan fingerprint density at radius 2 is 1.67 bits per heavy atom. The summed E-state index contributed by atoms with van der Waals surface area (Å²) in [5, 5.41) is 6.71. The van der Waals surface area contributed by atoms with Crippen molar-refractivity contribution in [2.24, 2.45) is 11.0 Å². The summed E-state index contributed by atoms with van der Waals surface area (Å²) in [6, 6.07) is 18.8. The quantitative estimate of drug-likeness (QED) is 0.305. The first-order valence-electron chi connectivity index (χ1n) is 13.5. The summed E-state index contributed by atoms with van der Waals surface area (Å²) >= 11 is 0. The molecule has 0 saturated carbocycles. The Morgan fingerprint density at radius 1 is 0.974 bits per heavy atom. The molecule has 1 saturated heterocycles. The van der Waals surface area contributed by atoms with E-state index in [-0.39, 0.29) is 29.7 Å². The molecule has 0 aromatic heterocycles. The van der Waals surface area contributed by atoms with Crippen LogP contribution in [-0.2, 0) is 4.79 Å². The summed E-state index contributed by atoms with van der Waals surface area (Å²) in [4.78, 5) is 13.5. The van der Waals surface area contributed by atoms with Gasteiger partial charge < -0.3 is 19.2 Å². The highest BCUT2D eigenvalue weighted by atomic mass is 19.1. The van der Waals surface area contributed by atoms with E-state index >= 15 is 0 Å². The van der Waals surface area contributed by atoms with Gasteiger partial charge in [0, 0.05) is 44.3 Å². The molecular formula is C31H33F2N3O3. The third kappa shape index (κ3) is 5.90. The molecule has 8 heteroatoms. The molecule has 0 radical (unpaired) electrons. The summed E-state index contributed by atoms with van der Waals surface area (Å²) in [5.41, 5.74) is 3.10. The fraction of sp³-hybridized carbons (Fsp3) is 0.355. The molecule has 5 rings (SSSR count). The summed E-state index contributed by atoms with van der Waals surface area (Å²) in [6.45, 7) is 5.87. The molecule has 1 fully saturated rings. The third-order valence-corrected chi connectivity index (χ3v) is 7.43. The van der Waals surface area contributed by atoms with Gasteiger partial charge in [-0.1, -0.05) is 19.1 Å². The van der Waals surface area contributed by atoms with Crippen molar-refractivity contribution in [1.29, 1.82) is 0 Å². The Balaban J connectivity index is 1.23. The first kappa shape index (κ1) is 26.7. The minimum atomic E-state index is -0.296. The number of benzene rings is 3. The number of piperidine rings is 1. The molecule has 0 spiro atoms. The number of anilines is 2. The zero-order valence-electron chi connectivity index (χ0n) is 22.2. The first-order chi connectivity index (χ1) is 19.0. The van der Waals surface area contributed by atoms with Crippen molar-refractivity contribution in [2.75, 3.05) is 29.6 Å². The lowest BCUT2D eigenvalue weighted by Gasteiger charge is -2.34. The topological polar surface area (TPSA) is 54.4 Å². The number of carbonyl (C=O) groups excluding carboxylic acids is 1. The highest BCUT2D eigenvalue weighted by Gasteiger charge is 2.35. The Labute approximate surface area is 227 Å². The van der Waals surface area contributed by atoms with Gasteiger partial charge in [0.25, 0.3) is 0 Å². The smallest absolute Gasteiger partial charge is 0.146 e. The van der Waals surface area contributed by atoms with Gasteiger partial charge in [-0.05, 0) is 61.0 Å². The molecule has 39 heavy (non-hydrogen) atoms. The number of ether oxygens (including phenoxy) is 2. The fourth-order valence-electron chi connectivity index (χ4n) is 5.34. The predicted molar refractivity (Wildman–Crippen MR) is 149 cm³/mol. The molecule has 2 heterocycles. The van der Waals surface area contributed by atoms with Gasteiger partial charge in [-0.25, -0.2) is 8.78 Å². The molecule has 204 valence electrons. The van der Waals surface area contributed by atoms with E-state index in [2.05, 4.69) is 0 Å². The lowest BCUT2D eigenvalue weighted by Crippen LogP contribution is -2.38. The monoisotopic (exact) mass is 533 g/mol. The minimum absolute atomic E-state index is 0.000776. The van der Waals surface area contributed by atoms with Gasteiger partial charge in [-0.15, -0.1) is 0 Å². The van der Waals surface area contributed by atoms with Gasteiger partial charge in [-0.2, -0.15) is 5.10 Å². The van der Waals surface area contributed by atoms with Crippen LogP contribution in [0, 0.1) is 17.6 Å². The Kier molecular flexibility index (Phi) is 8.10. The molecule has 0 bridgehead atoms. The maximum absolute atomic E-state index is 14.5. The number of halogens is 2. The van der Waals surface area contributed by atoms with E-state index in [0.29, 0.717) is 37.6 Å². The van der Waals surface area contributed by atoms with Gasteiger partial charge in [0.2, 0.25) is 0 Å². The van der Waals surface area contributed by atoms with Crippen molar-refractivity contribution in [3.8, 4) is 11.5 Å². The summed E-state index contributed by atoms with van der Waals surface area (Å²) in [6.07, 6.45) is 2.83. The van der Waals surface area contributed by atoms with Crippen molar-refractivity contribution in [2.45, 2.75) is 45.3 Å². The van der Waals surface area contributed by atoms with Crippen LogP contribution in [0.25, 0.3) is 0 Å². The SMILES string of the molecule is CCOc1ccc(F)c(N2CCC(Oc3ccc(N4N=C(c5ccc(F)cc5)C(C)[C@@H]4CC=O)cc3)CC2)c1. The highest BCUT2D eigenvalue weighted by Crippen LogP contribution is 2.34. The lowest BCUT2D eigenvalue weighted by molar-refractivity contribution is -0.108. The number of rotatable bonds is 9. The van der Waals surface area contributed by atoms with Gasteiger partial charge in [0.05, 0.1) is 29.7 Å². The average Bonchev–Trinajstić information content (AvgIpc) is 3.27. The second kappa shape index (κ2) is 11.8. The van der Waals surface area contributed by atoms with Crippen LogP contribution < -0.4 is 19.4 Å². The molecule has 2 aliphatic rings. The summed E-state index contributed by atoms with van der Waals surface area (Å²) in [5.74, 6) is 0.881. The van der Waals surface area contributed by atoms with Gasteiger partial charge in [-0.3, -0.25) is 5.01 Å². The van der Waals surface area contributed by atoms with E-state index < -0.39 is 0 Å². The molecule has 0 aliphatic carbocycles. The number of hydrazone groups is 1. The van der Waals surface area contributed by atoms with Crippen LogP contribution in [0.4, 0.5) is 20.2 Å². The van der Waals surface area contributed by atoms with Crippen LogP contribution in [0.3, 0.4) is 0 Å². The normalized spacial score (nSPS) is 19.6. The average molecular weight is 534 g/mol. The Hall–Kier alpha value is -3.94. The third-order valence-electron chi connectivity index (χ3n) is 7.43. The van der Waals surface area contributed by atoms with Crippen LogP contribution in [0.5, 0.6) is 11.5 Å². The second-order valence-electron chi connectivity index (χ2n) is 9.94. The molecule has 1 unspecified atom stereocenters. The highest BCUT2D eigenvalue weighted by molar-refractivity contribution is 6.05. The van der Waals surface area contributed by atoms with Crippen molar-refractivity contribution in [1.82, 2.24) is 0 Å². The largest absolute Gasteiger partial charge is 0.494 e. The van der Waals surface area contributed by atoms with E-state index in [0.717, 1.165) is 41.8 Å². The number of aldehydes is 1. The summed E-state index contributed by atoms with van der Waals surface area (Å²) < 4.78 is 39.7. The predicted octanol–water partition coefficient (Wildman–Crippen LogP) is 6.23. The molecule has 2 atom stereocenters. The maximum atomic E-state index is 14.5. The zero-order chi connectivity index (χ0) is 27.4. The molecule has 2 aliphatic heterocycles.